The predicted molar refractivity (Wildman–Crippen MR) is 162 cm³/mol. The number of carbonyl (C=O) groups excluding carboxylic acids is 2. The number of hydrogen-bond donors (Lipinski definition) is 1. The Morgan fingerprint density at radius 2 is 1.55 bits per heavy atom. The number of carbonyl (C=O) groups is 2. The van der Waals surface area contributed by atoms with Gasteiger partial charge in [0, 0.05) is 24.5 Å². The SMILES string of the molecule is CCCCNC(=O)[C@@H](Cc1ccccc1)N(Cc1ccccc1Cl)C(=O)CN(c1ccc(CC)cc1)S(C)(=O)=O. The lowest BCUT2D eigenvalue weighted by molar-refractivity contribution is -0.140. The quantitative estimate of drug-likeness (QED) is 0.263. The minimum atomic E-state index is -3.81. The van der Waals surface area contributed by atoms with Crippen LogP contribution in [0.5, 0.6) is 0 Å². The molecule has 7 nitrogen and oxygen atoms in total. The van der Waals surface area contributed by atoms with Crippen molar-refractivity contribution < 1.29 is 18.0 Å². The molecule has 0 bridgehead atoms. The molecule has 0 aliphatic carbocycles. The second kappa shape index (κ2) is 14.9. The maximum absolute atomic E-state index is 14.1. The number of hydrogen-bond acceptors (Lipinski definition) is 4. The molecular formula is C31H38ClN3O4S. The van der Waals surface area contributed by atoms with Crippen molar-refractivity contribution in [2.75, 3.05) is 23.7 Å². The third-order valence-corrected chi connectivity index (χ3v) is 8.22. The van der Waals surface area contributed by atoms with Crippen LogP contribution in [-0.2, 0) is 39.0 Å². The lowest BCUT2D eigenvalue weighted by atomic mass is 10.0. The van der Waals surface area contributed by atoms with Crippen molar-refractivity contribution in [2.24, 2.45) is 0 Å². The highest BCUT2D eigenvalue weighted by molar-refractivity contribution is 7.92. The molecule has 0 spiro atoms. The molecule has 0 aliphatic rings. The summed E-state index contributed by atoms with van der Waals surface area (Å²) < 4.78 is 26.8. The molecule has 0 fully saturated rings. The van der Waals surface area contributed by atoms with Crippen LogP contribution in [0.3, 0.4) is 0 Å². The van der Waals surface area contributed by atoms with Crippen LogP contribution in [0.1, 0.15) is 43.4 Å². The smallest absolute Gasteiger partial charge is 0.244 e. The molecule has 1 atom stereocenters. The summed E-state index contributed by atoms with van der Waals surface area (Å²) >= 11 is 6.48. The van der Waals surface area contributed by atoms with Gasteiger partial charge in [-0.15, -0.1) is 0 Å². The highest BCUT2D eigenvalue weighted by atomic mass is 35.5. The van der Waals surface area contributed by atoms with E-state index in [4.69, 9.17) is 11.6 Å². The summed E-state index contributed by atoms with van der Waals surface area (Å²) in [7, 11) is -3.81. The van der Waals surface area contributed by atoms with Gasteiger partial charge in [0.1, 0.15) is 12.6 Å². The molecule has 0 aromatic heterocycles. The number of nitrogens with one attached hydrogen (secondary N) is 1. The fraction of sp³-hybridized carbons (Fsp3) is 0.355. The molecule has 0 radical (unpaired) electrons. The van der Waals surface area contributed by atoms with E-state index in [0.29, 0.717) is 22.8 Å². The van der Waals surface area contributed by atoms with Crippen molar-refractivity contribution in [2.45, 2.75) is 52.1 Å². The first kappa shape index (κ1) is 31.2. The second-order valence-electron chi connectivity index (χ2n) is 9.75. The molecule has 1 N–H and O–H groups in total. The first-order valence-corrected chi connectivity index (χ1v) is 15.8. The summed E-state index contributed by atoms with van der Waals surface area (Å²) in [4.78, 5) is 29.1. The van der Waals surface area contributed by atoms with E-state index in [1.807, 2.05) is 62.4 Å². The maximum Gasteiger partial charge on any atom is 0.244 e. The van der Waals surface area contributed by atoms with Crippen LogP contribution >= 0.6 is 11.6 Å². The molecule has 3 rings (SSSR count). The summed E-state index contributed by atoms with van der Waals surface area (Å²) in [5.74, 6) is -0.799. The van der Waals surface area contributed by atoms with Crippen molar-refractivity contribution in [1.29, 1.82) is 0 Å². The topological polar surface area (TPSA) is 86.8 Å². The molecule has 214 valence electrons. The number of sulfonamides is 1. The number of benzene rings is 3. The second-order valence-corrected chi connectivity index (χ2v) is 12.1. The number of amides is 2. The Bertz CT molecular complexity index is 1360. The minimum absolute atomic E-state index is 0.0452. The summed E-state index contributed by atoms with van der Waals surface area (Å²) in [6.07, 6.45) is 3.85. The third-order valence-electron chi connectivity index (χ3n) is 6.71. The molecule has 3 aromatic rings. The zero-order valence-corrected chi connectivity index (χ0v) is 24.9. The third kappa shape index (κ3) is 8.83. The fourth-order valence-corrected chi connectivity index (χ4v) is 5.43. The average Bonchev–Trinajstić information content (AvgIpc) is 2.94. The Morgan fingerprint density at radius 1 is 0.900 bits per heavy atom. The molecule has 9 heteroatoms. The van der Waals surface area contributed by atoms with Gasteiger partial charge in [-0.05, 0) is 47.7 Å². The maximum atomic E-state index is 14.1. The molecule has 40 heavy (non-hydrogen) atoms. The average molecular weight is 584 g/mol. The van der Waals surface area contributed by atoms with Gasteiger partial charge in [-0.25, -0.2) is 8.42 Å². The van der Waals surface area contributed by atoms with Crippen LogP contribution in [0.25, 0.3) is 0 Å². The first-order valence-electron chi connectivity index (χ1n) is 13.5. The number of anilines is 1. The number of unbranched alkanes of at least 4 members (excludes halogenated alkanes) is 1. The molecule has 0 saturated heterocycles. The van der Waals surface area contributed by atoms with Crippen LogP contribution < -0.4 is 9.62 Å². The van der Waals surface area contributed by atoms with Gasteiger partial charge in [0.25, 0.3) is 0 Å². The van der Waals surface area contributed by atoms with Gasteiger partial charge in [-0.2, -0.15) is 0 Å². The van der Waals surface area contributed by atoms with Crippen LogP contribution in [0, 0.1) is 0 Å². The molecule has 0 heterocycles. The lowest BCUT2D eigenvalue weighted by Gasteiger charge is -2.33. The van der Waals surface area contributed by atoms with E-state index in [9.17, 15) is 18.0 Å². The van der Waals surface area contributed by atoms with Gasteiger partial charge in [0.15, 0.2) is 0 Å². The summed E-state index contributed by atoms with van der Waals surface area (Å²) in [5.41, 5.74) is 2.98. The Balaban J connectivity index is 2.03. The normalized spacial score (nSPS) is 12.0. The number of rotatable bonds is 14. The van der Waals surface area contributed by atoms with Gasteiger partial charge in [0.2, 0.25) is 21.8 Å². The highest BCUT2D eigenvalue weighted by Crippen LogP contribution is 2.23. The minimum Gasteiger partial charge on any atom is -0.354 e. The molecule has 0 saturated carbocycles. The summed E-state index contributed by atoms with van der Waals surface area (Å²) in [6.45, 7) is 4.12. The van der Waals surface area contributed by atoms with Crippen molar-refractivity contribution in [3.05, 3.63) is 101 Å². The van der Waals surface area contributed by atoms with Crippen LogP contribution in [-0.4, -0.2) is 50.5 Å². The van der Waals surface area contributed by atoms with E-state index in [0.717, 1.165) is 41.0 Å². The zero-order chi connectivity index (χ0) is 29.1. The van der Waals surface area contributed by atoms with E-state index >= 15 is 0 Å². The molecule has 2 amide bonds. The highest BCUT2D eigenvalue weighted by Gasteiger charge is 2.33. The number of nitrogens with zero attached hydrogens (tertiary/aromatic N) is 2. The zero-order valence-electron chi connectivity index (χ0n) is 23.3. The van der Waals surface area contributed by atoms with Gasteiger partial charge >= 0.3 is 0 Å². The van der Waals surface area contributed by atoms with E-state index in [1.54, 1.807) is 30.3 Å². The van der Waals surface area contributed by atoms with Crippen molar-refractivity contribution in [3.63, 3.8) is 0 Å². The van der Waals surface area contributed by atoms with Gasteiger partial charge in [-0.1, -0.05) is 92.5 Å². The Hall–Kier alpha value is -3.36. The lowest BCUT2D eigenvalue weighted by Crippen LogP contribution is -2.53. The monoisotopic (exact) mass is 583 g/mol. The first-order chi connectivity index (χ1) is 19.1. The van der Waals surface area contributed by atoms with E-state index in [2.05, 4.69) is 5.32 Å². The van der Waals surface area contributed by atoms with Crippen molar-refractivity contribution >= 4 is 39.1 Å². The summed E-state index contributed by atoms with van der Waals surface area (Å²) in [6, 6.07) is 22.8. The number of aryl methyl sites for hydroxylation is 1. The fourth-order valence-electron chi connectivity index (χ4n) is 4.38. The Kier molecular flexibility index (Phi) is 11.6. The van der Waals surface area contributed by atoms with E-state index < -0.39 is 28.5 Å². The van der Waals surface area contributed by atoms with Gasteiger partial charge < -0.3 is 10.2 Å². The van der Waals surface area contributed by atoms with Crippen molar-refractivity contribution in [1.82, 2.24) is 10.2 Å². The predicted octanol–water partition coefficient (Wildman–Crippen LogP) is 5.22. The van der Waals surface area contributed by atoms with Gasteiger partial charge in [-0.3, -0.25) is 13.9 Å². The van der Waals surface area contributed by atoms with Gasteiger partial charge in [0.05, 0.1) is 11.9 Å². The molecule has 3 aromatic carbocycles. The number of halogens is 1. The van der Waals surface area contributed by atoms with Crippen LogP contribution in [0.4, 0.5) is 5.69 Å². The van der Waals surface area contributed by atoms with E-state index in [-0.39, 0.29) is 18.9 Å². The van der Waals surface area contributed by atoms with Crippen LogP contribution in [0.15, 0.2) is 78.9 Å². The standard InChI is InChI=1S/C31H38ClN3O4S/c1-4-6-20-33-31(37)29(21-25-12-8-7-9-13-25)34(22-26-14-10-11-15-28(26)32)30(36)23-35(40(3,38)39)27-18-16-24(5-2)17-19-27/h7-19,29H,4-6,20-23H2,1-3H3,(H,33,37)/t29-/m1/s1. The van der Waals surface area contributed by atoms with Crippen molar-refractivity contribution in [3.8, 4) is 0 Å². The molecular weight excluding hydrogens is 546 g/mol. The Morgan fingerprint density at radius 3 is 2.15 bits per heavy atom. The van der Waals surface area contributed by atoms with E-state index in [1.165, 1.54) is 4.90 Å². The summed E-state index contributed by atoms with van der Waals surface area (Å²) in [5, 5.41) is 3.43. The molecule has 0 aliphatic heterocycles. The Labute approximate surface area is 243 Å². The largest absolute Gasteiger partial charge is 0.354 e. The molecule has 0 unspecified atom stereocenters. The van der Waals surface area contributed by atoms with Crippen LogP contribution in [0.2, 0.25) is 5.02 Å².